The maximum absolute atomic E-state index is 10.4. The van der Waals surface area contributed by atoms with Crippen LogP contribution in [0.15, 0.2) is 35.8 Å². The smallest absolute Gasteiger partial charge is 0.132 e. The Morgan fingerprint density at radius 3 is 2.21 bits per heavy atom. The van der Waals surface area contributed by atoms with E-state index in [-0.39, 0.29) is 5.84 Å². The highest BCUT2D eigenvalue weighted by atomic mass is 16.5. The van der Waals surface area contributed by atoms with Crippen LogP contribution >= 0.6 is 0 Å². The average Bonchev–Trinajstić information content (AvgIpc) is 2.52. The molecule has 0 aliphatic rings. The molecular formula is C17H22N6O. The molecular weight excluding hydrogens is 304 g/mol. The summed E-state index contributed by atoms with van der Waals surface area (Å²) in [6.07, 6.45) is 1.56. The second-order valence-electron chi connectivity index (χ2n) is 5.50. The Bertz CT molecular complexity index is 805. The first kappa shape index (κ1) is 17.2. The largest absolute Gasteiger partial charge is 0.397 e. The van der Waals surface area contributed by atoms with Crippen LogP contribution in [0.25, 0.3) is 6.08 Å². The first-order chi connectivity index (χ1) is 11.2. The number of hydrogen-bond acceptors (Lipinski definition) is 6. The Labute approximate surface area is 140 Å². The number of amidine groups is 1. The Kier molecular flexibility index (Phi) is 4.66. The second-order valence-corrected chi connectivity index (χ2v) is 5.50. The summed E-state index contributed by atoms with van der Waals surface area (Å²) in [6, 6.07) is 6.73. The molecule has 0 spiro atoms. The van der Waals surface area contributed by atoms with Gasteiger partial charge in [-0.15, -0.1) is 0 Å². The molecule has 0 aliphatic carbocycles. The van der Waals surface area contributed by atoms with Crippen LogP contribution < -0.4 is 28.0 Å². The Morgan fingerprint density at radius 2 is 1.67 bits per heavy atom. The maximum atomic E-state index is 10.4. The van der Waals surface area contributed by atoms with E-state index in [1.54, 1.807) is 37.3 Å². The minimum absolute atomic E-state index is 0.274. The molecule has 9 N–H and O–H groups in total. The van der Waals surface area contributed by atoms with E-state index in [4.69, 9.17) is 22.9 Å². The van der Waals surface area contributed by atoms with E-state index in [9.17, 15) is 5.21 Å². The Hall–Kier alpha value is -3.19. The summed E-state index contributed by atoms with van der Waals surface area (Å²) in [6.45, 7) is 7.19. The Balaban J connectivity index is 2.45. The van der Waals surface area contributed by atoms with Crippen LogP contribution in [0.3, 0.4) is 0 Å². The lowest BCUT2D eigenvalue weighted by molar-refractivity contribution is 0.311. The molecule has 2 aromatic rings. The molecule has 2 rings (SSSR count). The molecule has 0 heterocycles. The van der Waals surface area contributed by atoms with Gasteiger partial charge in [0.1, 0.15) is 11.5 Å². The molecule has 0 saturated carbocycles. The summed E-state index contributed by atoms with van der Waals surface area (Å²) in [5.41, 5.74) is 27.6. The van der Waals surface area contributed by atoms with Crippen LogP contribution in [-0.2, 0) is 0 Å². The minimum Gasteiger partial charge on any atom is -0.397 e. The number of nitrogens with two attached hydrogens (primary N) is 4. The Morgan fingerprint density at radius 1 is 1.08 bits per heavy atom. The first-order valence-electron chi connectivity index (χ1n) is 7.26. The number of hydrogen-bond donors (Lipinski definition) is 5. The lowest BCUT2D eigenvalue weighted by Crippen LogP contribution is -2.24. The molecule has 0 bridgehead atoms. The van der Waals surface area contributed by atoms with E-state index in [1.165, 1.54) is 0 Å². The van der Waals surface area contributed by atoms with Gasteiger partial charge < -0.3 is 22.9 Å². The summed E-state index contributed by atoms with van der Waals surface area (Å²) in [5.74, 6) is 0.274. The normalized spacial score (nSPS) is 11.4. The molecule has 0 radical (unpaired) electrons. The predicted molar refractivity (Wildman–Crippen MR) is 102 cm³/mol. The van der Waals surface area contributed by atoms with Crippen LogP contribution in [0.2, 0.25) is 0 Å². The van der Waals surface area contributed by atoms with Gasteiger partial charge in [-0.25, -0.2) is 10.1 Å². The highest BCUT2D eigenvalue weighted by Gasteiger charge is 2.13. The van der Waals surface area contributed by atoms with Crippen molar-refractivity contribution >= 4 is 46.0 Å². The van der Waals surface area contributed by atoms with E-state index >= 15 is 0 Å². The highest BCUT2D eigenvalue weighted by molar-refractivity contribution is 5.99. The van der Waals surface area contributed by atoms with Crippen molar-refractivity contribution in [3.8, 4) is 0 Å². The average molecular weight is 326 g/mol. The third kappa shape index (κ3) is 3.26. The summed E-state index contributed by atoms with van der Waals surface area (Å²) >= 11 is 0. The van der Waals surface area contributed by atoms with Gasteiger partial charge in [-0.05, 0) is 43.7 Å². The van der Waals surface area contributed by atoms with Gasteiger partial charge in [0, 0.05) is 5.56 Å². The molecule has 0 atom stereocenters. The molecule has 24 heavy (non-hydrogen) atoms. The van der Waals surface area contributed by atoms with Crippen molar-refractivity contribution in [1.29, 1.82) is 0 Å². The van der Waals surface area contributed by atoms with Crippen molar-refractivity contribution < 1.29 is 5.21 Å². The van der Waals surface area contributed by atoms with E-state index in [2.05, 4.69) is 11.6 Å². The van der Waals surface area contributed by atoms with Crippen molar-refractivity contribution in [1.82, 2.24) is 0 Å². The number of nitrogen functional groups attached to an aromatic ring is 4. The summed E-state index contributed by atoms with van der Waals surface area (Å²) in [4.78, 5) is 4.33. The van der Waals surface area contributed by atoms with Gasteiger partial charge in [-0.2, -0.15) is 0 Å². The standard InChI is InChI=1S/C17H22N6O/c1-4-11-7-12(8-13(18)16(11)21)23(24)10(3)22-17-14(19)5-9(2)6-15(17)20/h4-8,24H,1,18-21H2,2-3H3. The third-order valence-corrected chi connectivity index (χ3v) is 3.59. The molecule has 0 unspecified atom stereocenters. The molecule has 7 nitrogen and oxygen atoms in total. The van der Waals surface area contributed by atoms with Crippen molar-refractivity contribution in [2.45, 2.75) is 13.8 Å². The third-order valence-electron chi connectivity index (χ3n) is 3.59. The second kappa shape index (κ2) is 6.51. The van der Waals surface area contributed by atoms with Gasteiger partial charge in [0.25, 0.3) is 0 Å². The number of aliphatic imine (C=N–C) groups is 1. The van der Waals surface area contributed by atoms with Gasteiger partial charge in [0.2, 0.25) is 0 Å². The van der Waals surface area contributed by atoms with Gasteiger partial charge in [0.15, 0.2) is 0 Å². The summed E-state index contributed by atoms with van der Waals surface area (Å²) in [5, 5.41) is 11.3. The molecule has 0 fully saturated rings. The van der Waals surface area contributed by atoms with Crippen LogP contribution in [-0.4, -0.2) is 11.0 Å². The fourth-order valence-electron chi connectivity index (χ4n) is 2.33. The van der Waals surface area contributed by atoms with E-state index in [1.807, 2.05) is 6.92 Å². The van der Waals surface area contributed by atoms with Crippen LogP contribution in [0.5, 0.6) is 0 Å². The summed E-state index contributed by atoms with van der Waals surface area (Å²) < 4.78 is 0. The molecule has 0 amide bonds. The number of benzene rings is 2. The quantitative estimate of drug-likeness (QED) is 0.254. The highest BCUT2D eigenvalue weighted by Crippen LogP contribution is 2.32. The molecule has 126 valence electrons. The number of rotatable bonds is 3. The zero-order valence-corrected chi connectivity index (χ0v) is 13.7. The fourth-order valence-corrected chi connectivity index (χ4v) is 2.33. The number of anilines is 5. The van der Waals surface area contributed by atoms with Crippen LogP contribution in [0.1, 0.15) is 18.1 Å². The predicted octanol–water partition coefficient (Wildman–Crippen LogP) is 2.91. The lowest BCUT2D eigenvalue weighted by Gasteiger charge is -2.19. The van der Waals surface area contributed by atoms with Gasteiger partial charge in [-0.1, -0.05) is 12.7 Å². The van der Waals surface area contributed by atoms with Crippen molar-refractivity contribution in [3.63, 3.8) is 0 Å². The van der Waals surface area contributed by atoms with E-state index < -0.39 is 0 Å². The SMILES string of the molecule is C=Cc1cc(N(O)C(C)=Nc2c(N)cc(C)cc2N)cc(N)c1N. The first-order valence-corrected chi connectivity index (χ1v) is 7.26. The maximum Gasteiger partial charge on any atom is 0.132 e. The number of nitrogens with zero attached hydrogens (tertiary/aromatic N) is 2. The monoisotopic (exact) mass is 326 g/mol. The minimum atomic E-state index is 0.274. The zero-order valence-electron chi connectivity index (χ0n) is 13.7. The number of aryl methyl sites for hydroxylation is 1. The molecule has 2 aromatic carbocycles. The molecule has 0 aliphatic heterocycles. The summed E-state index contributed by atoms with van der Waals surface area (Å²) in [7, 11) is 0. The fraction of sp³-hybridized carbons (Fsp3) is 0.118. The zero-order chi connectivity index (χ0) is 18.0. The van der Waals surface area contributed by atoms with Crippen molar-refractivity contribution in [2.24, 2.45) is 4.99 Å². The van der Waals surface area contributed by atoms with Crippen LogP contribution in [0.4, 0.5) is 34.1 Å². The molecule has 0 saturated heterocycles. The van der Waals surface area contributed by atoms with Crippen LogP contribution in [0, 0.1) is 6.92 Å². The van der Waals surface area contributed by atoms with E-state index in [0.717, 1.165) is 10.6 Å². The number of hydroxylamine groups is 1. The molecule has 0 aromatic heterocycles. The lowest BCUT2D eigenvalue weighted by atomic mass is 10.1. The van der Waals surface area contributed by atoms with Gasteiger partial charge in [-0.3, -0.25) is 5.21 Å². The van der Waals surface area contributed by atoms with E-state index in [0.29, 0.717) is 39.7 Å². The molecule has 7 heteroatoms. The van der Waals surface area contributed by atoms with Crippen molar-refractivity contribution in [3.05, 3.63) is 42.0 Å². The topological polar surface area (TPSA) is 140 Å². The van der Waals surface area contributed by atoms with Crippen molar-refractivity contribution in [2.75, 3.05) is 28.0 Å². The van der Waals surface area contributed by atoms with Gasteiger partial charge in [0.05, 0.1) is 28.4 Å². The van der Waals surface area contributed by atoms with Gasteiger partial charge >= 0.3 is 0 Å².